The number of rotatable bonds is 2. The van der Waals surface area contributed by atoms with Crippen molar-refractivity contribution in [2.45, 2.75) is 46.0 Å². The zero-order chi connectivity index (χ0) is 10.2. The van der Waals surface area contributed by atoms with Crippen molar-refractivity contribution in [2.24, 2.45) is 5.41 Å². The van der Waals surface area contributed by atoms with Crippen molar-refractivity contribution in [3.63, 3.8) is 0 Å². The molecular formula is C9H20O2Si. The molecular weight excluding hydrogens is 168 g/mol. The van der Waals surface area contributed by atoms with Gasteiger partial charge in [-0.25, -0.2) is 0 Å². The monoisotopic (exact) mass is 188 g/mol. The van der Waals surface area contributed by atoms with Crippen LogP contribution in [0.1, 0.15) is 20.8 Å². The van der Waals surface area contributed by atoms with E-state index < -0.39 is 14.0 Å². The number of hydrogen-bond acceptors (Lipinski definition) is 1. The normalized spacial score (nSPS) is 15.8. The maximum atomic E-state index is 11.0. The summed E-state index contributed by atoms with van der Waals surface area (Å²) in [6.45, 7) is 12.3. The first kappa shape index (κ1) is 11.7. The Balaban J connectivity index is 4.82. The summed E-state index contributed by atoms with van der Waals surface area (Å²) in [7, 11) is -1.58. The van der Waals surface area contributed by atoms with E-state index in [1.54, 1.807) is 0 Å². The average Bonchev–Trinajstić information content (AvgIpc) is 1.49. The summed E-state index contributed by atoms with van der Waals surface area (Å²) in [6, 6.07) is 0. The van der Waals surface area contributed by atoms with Gasteiger partial charge in [-0.05, 0) is 5.41 Å². The molecule has 3 heteroatoms. The Kier molecular flexibility index (Phi) is 3.12. The number of hydrogen-bond donors (Lipinski definition) is 1. The second-order valence-electron chi connectivity index (χ2n) is 5.50. The van der Waals surface area contributed by atoms with Gasteiger partial charge in [-0.3, -0.25) is 4.79 Å². The van der Waals surface area contributed by atoms with E-state index in [-0.39, 0.29) is 11.0 Å². The van der Waals surface area contributed by atoms with Crippen LogP contribution in [0.25, 0.3) is 0 Å². The fourth-order valence-corrected chi connectivity index (χ4v) is 5.38. The topological polar surface area (TPSA) is 37.3 Å². The van der Waals surface area contributed by atoms with Crippen molar-refractivity contribution in [3.8, 4) is 0 Å². The first-order valence-electron chi connectivity index (χ1n) is 4.29. The third kappa shape index (κ3) is 2.97. The van der Waals surface area contributed by atoms with Crippen molar-refractivity contribution in [3.05, 3.63) is 0 Å². The quantitative estimate of drug-likeness (QED) is 0.677. The van der Waals surface area contributed by atoms with Crippen LogP contribution in [-0.4, -0.2) is 19.1 Å². The van der Waals surface area contributed by atoms with Crippen molar-refractivity contribution in [2.75, 3.05) is 0 Å². The molecule has 0 aromatic rings. The minimum absolute atomic E-state index is 0.115. The molecule has 0 fully saturated rings. The van der Waals surface area contributed by atoms with Gasteiger partial charge in [0.25, 0.3) is 0 Å². The lowest BCUT2D eigenvalue weighted by Gasteiger charge is -2.35. The second kappa shape index (κ2) is 3.21. The molecule has 0 saturated heterocycles. The minimum Gasteiger partial charge on any atom is -0.481 e. The predicted molar refractivity (Wildman–Crippen MR) is 54.2 cm³/mol. The van der Waals surface area contributed by atoms with E-state index in [1.165, 1.54) is 0 Å². The minimum atomic E-state index is -1.58. The van der Waals surface area contributed by atoms with Crippen molar-refractivity contribution >= 4 is 14.0 Å². The Morgan fingerprint density at radius 2 is 1.58 bits per heavy atom. The molecule has 0 radical (unpaired) electrons. The van der Waals surface area contributed by atoms with E-state index in [2.05, 4.69) is 19.6 Å². The van der Waals surface area contributed by atoms with E-state index >= 15 is 0 Å². The van der Waals surface area contributed by atoms with E-state index in [9.17, 15) is 4.79 Å². The number of aliphatic carboxylic acids is 1. The maximum absolute atomic E-state index is 11.0. The fourth-order valence-electron chi connectivity index (χ4n) is 2.04. The standard InChI is InChI=1S/C9H20O2Si/c1-9(2,3)7(8(10)11)12(4,5)6/h7H,1-6H3,(H,10,11). The van der Waals surface area contributed by atoms with Gasteiger partial charge < -0.3 is 5.11 Å². The molecule has 0 aromatic carbocycles. The van der Waals surface area contributed by atoms with Crippen LogP contribution in [0.15, 0.2) is 0 Å². The Labute approximate surface area is 76.0 Å². The lowest BCUT2D eigenvalue weighted by Crippen LogP contribution is -2.41. The Morgan fingerprint density at radius 1 is 1.25 bits per heavy atom. The SMILES string of the molecule is CC(C)(C)C(C(=O)O)[Si](C)(C)C. The van der Waals surface area contributed by atoms with Crippen LogP contribution in [0.3, 0.4) is 0 Å². The van der Waals surface area contributed by atoms with Crippen LogP contribution in [0, 0.1) is 5.41 Å². The van der Waals surface area contributed by atoms with Gasteiger partial charge >= 0.3 is 5.97 Å². The molecule has 0 aliphatic rings. The van der Waals surface area contributed by atoms with Gasteiger partial charge in [0.15, 0.2) is 0 Å². The molecule has 0 bridgehead atoms. The molecule has 0 aromatic heterocycles. The van der Waals surface area contributed by atoms with Gasteiger partial charge in [0.05, 0.1) is 13.6 Å². The maximum Gasteiger partial charge on any atom is 0.304 e. The zero-order valence-electron chi connectivity index (χ0n) is 8.93. The highest BCUT2D eigenvalue weighted by Crippen LogP contribution is 2.39. The van der Waals surface area contributed by atoms with Crippen LogP contribution < -0.4 is 0 Å². The van der Waals surface area contributed by atoms with Crippen LogP contribution in [0.5, 0.6) is 0 Å². The van der Waals surface area contributed by atoms with E-state index in [1.807, 2.05) is 20.8 Å². The van der Waals surface area contributed by atoms with Gasteiger partial charge in [0.2, 0.25) is 0 Å². The van der Waals surface area contributed by atoms with Crippen LogP contribution >= 0.6 is 0 Å². The molecule has 1 N–H and O–H groups in total. The molecule has 72 valence electrons. The summed E-state index contributed by atoms with van der Waals surface area (Å²) in [4.78, 5) is 11.0. The van der Waals surface area contributed by atoms with Crippen molar-refractivity contribution < 1.29 is 9.90 Å². The Hall–Kier alpha value is -0.313. The smallest absolute Gasteiger partial charge is 0.304 e. The van der Waals surface area contributed by atoms with Gasteiger partial charge in [-0.1, -0.05) is 40.4 Å². The lowest BCUT2D eigenvalue weighted by molar-refractivity contribution is -0.139. The fraction of sp³-hybridized carbons (Fsp3) is 0.889. The predicted octanol–water partition coefficient (Wildman–Crippen LogP) is 2.83. The number of carboxylic acid groups (broad SMARTS) is 1. The van der Waals surface area contributed by atoms with Crippen LogP contribution in [-0.2, 0) is 4.79 Å². The summed E-state index contributed by atoms with van der Waals surface area (Å²) in [6.07, 6.45) is 0. The summed E-state index contributed by atoms with van der Waals surface area (Å²) in [5, 5.41) is 9.08. The molecule has 0 aliphatic carbocycles. The molecule has 0 heterocycles. The molecule has 0 spiro atoms. The molecule has 0 aliphatic heterocycles. The number of carbonyl (C=O) groups is 1. The largest absolute Gasteiger partial charge is 0.481 e. The van der Waals surface area contributed by atoms with Gasteiger partial charge in [0, 0.05) is 0 Å². The first-order valence-corrected chi connectivity index (χ1v) is 7.87. The van der Waals surface area contributed by atoms with E-state index in [0.717, 1.165) is 0 Å². The zero-order valence-corrected chi connectivity index (χ0v) is 9.93. The van der Waals surface area contributed by atoms with Crippen molar-refractivity contribution in [1.82, 2.24) is 0 Å². The molecule has 0 saturated carbocycles. The van der Waals surface area contributed by atoms with Crippen molar-refractivity contribution in [1.29, 1.82) is 0 Å². The Bertz CT molecular complexity index is 160. The summed E-state index contributed by atoms with van der Waals surface area (Å²) in [5.41, 5.74) is -0.277. The van der Waals surface area contributed by atoms with Gasteiger partial charge in [0.1, 0.15) is 0 Å². The van der Waals surface area contributed by atoms with E-state index in [0.29, 0.717) is 0 Å². The molecule has 0 amide bonds. The molecule has 1 atom stereocenters. The highest BCUT2D eigenvalue weighted by molar-refractivity contribution is 6.80. The number of carboxylic acids is 1. The highest BCUT2D eigenvalue weighted by atomic mass is 28.3. The highest BCUT2D eigenvalue weighted by Gasteiger charge is 2.41. The lowest BCUT2D eigenvalue weighted by atomic mass is 9.91. The Morgan fingerprint density at radius 3 is 1.58 bits per heavy atom. The summed E-state index contributed by atoms with van der Waals surface area (Å²) >= 11 is 0. The third-order valence-electron chi connectivity index (χ3n) is 1.98. The molecule has 0 rings (SSSR count). The molecule has 2 nitrogen and oxygen atoms in total. The van der Waals surface area contributed by atoms with Gasteiger partial charge in [-0.2, -0.15) is 0 Å². The van der Waals surface area contributed by atoms with E-state index in [4.69, 9.17) is 5.11 Å². The van der Waals surface area contributed by atoms with Crippen LogP contribution in [0.4, 0.5) is 0 Å². The molecule has 12 heavy (non-hydrogen) atoms. The summed E-state index contributed by atoms with van der Waals surface area (Å²) < 4.78 is 0. The third-order valence-corrected chi connectivity index (χ3v) is 4.82. The second-order valence-corrected chi connectivity index (χ2v) is 10.8. The first-order chi connectivity index (χ1) is 5.07. The average molecular weight is 188 g/mol. The summed E-state index contributed by atoms with van der Waals surface area (Å²) in [5.74, 6) is -0.637. The molecule has 1 unspecified atom stereocenters. The van der Waals surface area contributed by atoms with Gasteiger partial charge in [-0.15, -0.1) is 0 Å². The van der Waals surface area contributed by atoms with Crippen LogP contribution in [0.2, 0.25) is 25.2 Å².